The standard InChI is InChI=1S/C9H8BrF4N/c10-6-3-1-2-5(8(6)11)7(15)4-9(12,13)14/h1-3,7H,4,15H2/t7-/m1/s1. The van der Waals surface area contributed by atoms with Crippen LogP contribution in [0.25, 0.3) is 0 Å². The molecule has 0 aromatic heterocycles. The monoisotopic (exact) mass is 285 g/mol. The minimum atomic E-state index is -4.39. The normalized spacial score (nSPS) is 14.0. The van der Waals surface area contributed by atoms with Gasteiger partial charge in [-0.25, -0.2) is 4.39 Å². The molecule has 0 fully saturated rings. The predicted molar refractivity (Wildman–Crippen MR) is 51.7 cm³/mol. The van der Waals surface area contributed by atoms with Crippen molar-refractivity contribution in [3.8, 4) is 0 Å². The Morgan fingerprint density at radius 2 is 1.93 bits per heavy atom. The molecule has 1 aromatic carbocycles. The van der Waals surface area contributed by atoms with Crippen LogP contribution in [0.4, 0.5) is 17.6 Å². The predicted octanol–water partition coefficient (Wildman–Crippen LogP) is 3.54. The van der Waals surface area contributed by atoms with E-state index < -0.39 is 24.5 Å². The molecule has 1 atom stereocenters. The number of benzene rings is 1. The molecule has 1 aromatic rings. The van der Waals surface area contributed by atoms with Gasteiger partial charge in [-0.1, -0.05) is 12.1 Å². The lowest BCUT2D eigenvalue weighted by Gasteiger charge is -2.15. The van der Waals surface area contributed by atoms with Crippen LogP contribution in [-0.2, 0) is 0 Å². The second kappa shape index (κ2) is 4.49. The van der Waals surface area contributed by atoms with E-state index in [0.717, 1.165) is 0 Å². The van der Waals surface area contributed by atoms with Crippen LogP contribution in [0.3, 0.4) is 0 Å². The van der Waals surface area contributed by atoms with Gasteiger partial charge in [0.05, 0.1) is 10.9 Å². The molecule has 0 spiro atoms. The largest absolute Gasteiger partial charge is 0.390 e. The Balaban J connectivity index is 2.92. The van der Waals surface area contributed by atoms with Crippen LogP contribution in [0.1, 0.15) is 18.0 Å². The van der Waals surface area contributed by atoms with Gasteiger partial charge in [-0.3, -0.25) is 0 Å². The molecule has 0 saturated heterocycles. The third kappa shape index (κ3) is 3.46. The Morgan fingerprint density at radius 3 is 2.47 bits per heavy atom. The maximum Gasteiger partial charge on any atom is 0.390 e. The van der Waals surface area contributed by atoms with Gasteiger partial charge in [-0.05, 0) is 22.0 Å². The van der Waals surface area contributed by atoms with Crippen molar-refractivity contribution >= 4 is 15.9 Å². The van der Waals surface area contributed by atoms with Gasteiger partial charge < -0.3 is 5.73 Å². The summed E-state index contributed by atoms with van der Waals surface area (Å²) >= 11 is 2.88. The minimum absolute atomic E-state index is 0.109. The van der Waals surface area contributed by atoms with Crippen LogP contribution in [0.15, 0.2) is 22.7 Å². The summed E-state index contributed by atoms with van der Waals surface area (Å²) in [6.45, 7) is 0. The highest BCUT2D eigenvalue weighted by Gasteiger charge is 2.32. The summed E-state index contributed by atoms with van der Waals surface area (Å²) in [5.41, 5.74) is 5.13. The van der Waals surface area contributed by atoms with E-state index in [1.807, 2.05) is 0 Å². The summed E-state index contributed by atoms with van der Waals surface area (Å²) in [5, 5.41) is 0. The number of rotatable bonds is 2. The maximum atomic E-state index is 13.3. The van der Waals surface area contributed by atoms with Gasteiger partial charge in [0.1, 0.15) is 5.82 Å². The Hall–Kier alpha value is -0.620. The molecule has 0 unspecified atom stereocenters. The molecule has 0 heterocycles. The van der Waals surface area contributed by atoms with Crippen LogP contribution in [0.5, 0.6) is 0 Å². The first-order valence-electron chi connectivity index (χ1n) is 4.07. The van der Waals surface area contributed by atoms with Gasteiger partial charge in [0.15, 0.2) is 0 Å². The Bertz CT molecular complexity index is 350. The van der Waals surface area contributed by atoms with Crippen molar-refractivity contribution in [2.24, 2.45) is 5.73 Å². The van der Waals surface area contributed by atoms with E-state index in [1.54, 1.807) is 0 Å². The summed E-state index contributed by atoms with van der Waals surface area (Å²) < 4.78 is 49.5. The lowest BCUT2D eigenvalue weighted by atomic mass is 10.0. The van der Waals surface area contributed by atoms with Gasteiger partial charge in [0, 0.05) is 11.6 Å². The molecule has 84 valence electrons. The molecule has 0 aliphatic carbocycles. The minimum Gasteiger partial charge on any atom is -0.324 e. The number of halogens is 5. The van der Waals surface area contributed by atoms with Crippen LogP contribution >= 0.6 is 15.9 Å². The van der Waals surface area contributed by atoms with E-state index >= 15 is 0 Å². The molecule has 0 saturated carbocycles. The average molecular weight is 286 g/mol. The summed E-state index contributed by atoms with van der Waals surface area (Å²) in [6.07, 6.45) is -5.63. The van der Waals surface area contributed by atoms with E-state index in [1.165, 1.54) is 18.2 Å². The van der Waals surface area contributed by atoms with Gasteiger partial charge in [-0.2, -0.15) is 13.2 Å². The molecule has 1 rings (SSSR count). The number of hydrogen-bond donors (Lipinski definition) is 1. The van der Waals surface area contributed by atoms with Crippen molar-refractivity contribution in [3.63, 3.8) is 0 Å². The lowest BCUT2D eigenvalue weighted by Crippen LogP contribution is -2.21. The fourth-order valence-electron chi connectivity index (χ4n) is 1.17. The van der Waals surface area contributed by atoms with Crippen LogP contribution in [0.2, 0.25) is 0 Å². The Morgan fingerprint density at radius 1 is 1.33 bits per heavy atom. The maximum absolute atomic E-state index is 13.3. The molecular weight excluding hydrogens is 278 g/mol. The first-order chi connectivity index (χ1) is 6.81. The van der Waals surface area contributed by atoms with Gasteiger partial charge >= 0.3 is 6.18 Å². The van der Waals surface area contributed by atoms with Crippen LogP contribution in [-0.4, -0.2) is 6.18 Å². The van der Waals surface area contributed by atoms with E-state index in [0.29, 0.717) is 0 Å². The molecule has 0 aliphatic heterocycles. The van der Waals surface area contributed by atoms with E-state index in [9.17, 15) is 17.6 Å². The second-order valence-corrected chi connectivity index (χ2v) is 3.92. The number of nitrogens with two attached hydrogens (primary N) is 1. The summed E-state index contributed by atoms with van der Waals surface area (Å²) in [7, 11) is 0. The highest BCUT2D eigenvalue weighted by Crippen LogP contribution is 2.30. The molecule has 15 heavy (non-hydrogen) atoms. The van der Waals surface area contributed by atoms with Gasteiger partial charge in [0.25, 0.3) is 0 Å². The van der Waals surface area contributed by atoms with Gasteiger partial charge in [-0.15, -0.1) is 0 Å². The fourth-order valence-corrected chi connectivity index (χ4v) is 1.55. The number of hydrogen-bond acceptors (Lipinski definition) is 1. The topological polar surface area (TPSA) is 26.0 Å². The third-order valence-corrected chi connectivity index (χ3v) is 2.44. The van der Waals surface area contributed by atoms with E-state index in [2.05, 4.69) is 15.9 Å². The summed E-state index contributed by atoms with van der Waals surface area (Å²) in [6, 6.07) is 2.72. The molecule has 2 N–H and O–H groups in total. The first-order valence-corrected chi connectivity index (χ1v) is 4.87. The molecule has 1 nitrogen and oxygen atoms in total. The van der Waals surface area contributed by atoms with Crippen LogP contribution < -0.4 is 5.73 Å². The molecule has 0 bridgehead atoms. The van der Waals surface area contributed by atoms with E-state index in [4.69, 9.17) is 5.73 Å². The average Bonchev–Trinajstić information content (AvgIpc) is 2.06. The Kier molecular flexibility index (Phi) is 3.72. The molecule has 0 radical (unpaired) electrons. The zero-order valence-corrected chi connectivity index (χ0v) is 9.07. The van der Waals surface area contributed by atoms with E-state index in [-0.39, 0.29) is 10.0 Å². The van der Waals surface area contributed by atoms with Crippen LogP contribution in [0, 0.1) is 5.82 Å². The SMILES string of the molecule is N[C@H](CC(F)(F)F)c1cccc(Br)c1F. The van der Waals surface area contributed by atoms with Crippen molar-refractivity contribution in [2.45, 2.75) is 18.6 Å². The zero-order chi connectivity index (χ0) is 11.6. The van der Waals surface area contributed by atoms with Crippen molar-refractivity contribution in [1.29, 1.82) is 0 Å². The molecule has 0 aliphatic rings. The second-order valence-electron chi connectivity index (χ2n) is 3.07. The summed E-state index contributed by atoms with van der Waals surface area (Å²) in [4.78, 5) is 0. The van der Waals surface area contributed by atoms with Crippen molar-refractivity contribution in [3.05, 3.63) is 34.1 Å². The lowest BCUT2D eigenvalue weighted by molar-refractivity contribution is -0.138. The molecule has 6 heteroatoms. The highest BCUT2D eigenvalue weighted by molar-refractivity contribution is 9.10. The smallest absolute Gasteiger partial charge is 0.324 e. The zero-order valence-electron chi connectivity index (χ0n) is 7.48. The number of alkyl halides is 3. The van der Waals surface area contributed by atoms with Crippen molar-refractivity contribution < 1.29 is 17.6 Å². The highest BCUT2D eigenvalue weighted by atomic mass is 79.9. The molecule has 0 amide bonds. The Labute approximate surface area is 92.4 Å². The fraction of sp³-hybridized carbons (Fsp3) is 0.333. The quantitative estimate of drug-likeness (QED) is 0.827. The molecular formula is C9H8BrF4N. The summed E-state index contributed by atoms with van der Waals surface area (Å²) in [5.74, 6) is -0.741. The van der Waals surface area contributed by atoms with Gasteiger partial charge in [0.2, 0.25) is 0 Å². The first kappa shape index (κ1) is 12.4. The third-order valence-electron chi connectivity index (χ3n) is 1.83. The van der Waals surface area contributed by atoms with Crippen molar-refractivity contribution in [1.82, 2.24) is 0 Å². The van der Waals surface area contributed by atoms with Crippen molar-refractivity contribution in [2.75, 3.05) is 0 Å².